The van der Waals surface area contributed by atoms with Gasteiger partial charge in [-0.2, -0.15) is 0 Å². The average Bonchev–Trinajstić information content (AvgIpc) is 2.71. The molecule has 1 amide bonds. The van der Waals surface area contributed by atoms with Crippen molar-refractivity contribution in [3.05, 3.63) is 50.4 Å². The first-order valence-corrected chi connectivity index (χ1v) is 7.15. The van der Waals surface area contributed by atoms with E-state index in [-0.39, 0.29) is 11.9 Å². The van der Waals surface area contributed by atoms with Gasteiger partial charge in [0.25, 0.3) is 5.91 Å². The second-order valence-corrected chi connectivity index (χ2v) is 6.41. The Labute approximate surface area is 118 Å². The van der Waals surface area contributed by atoms with Gasteiger partial charge in [-0.3, -0.25) is 9.78 Å². The van der Waals surface area contributed by atoms with Gasteiger partial charge in [-0.15, -0.1) is 11.3 Å². The molecule has 0 aromatic carbocycles. The van der Waals surface area contributed by atoms with Crippen molar-refractivity contribution in [3.63, 3.8) is 0 Å². The predicted molar refractivity (Wildman–Crippen MR) is 76.9 cm³/mol. The van der Waals surface area contributed by atoms with Crippen molar-refractivity contribution in [3.8, 4) is 0 Å². The van der Waals surface area contributed by atoms with E-state index in [1.54, 1.807) is 12.4 Å². The zero-order chi connectivity index (χ0) is 13.1. The fourth-order valence-electron chi connectivity index (χ4n) is 1.57. The number of halogens is 1. The van der Waals surface area contributed by atoms with Crippen molar-refractivity contribution < 1.29 is 4.79 Å². The summed E-state index contributed by atoms with van der Waals surface area (Å²) in [5.41, 5.74) is 2.13. The van der Waals surface area contributed by atoms with Crippen LogP contribution in [0.5, 0.6) is 0 Å². The van der Waals surface area contributed by atoms with Crippen LogP contribution >= 0.6 is 27.3 Å². The fraction of sp³-hybridized carbons (Fsp3) is 0.231. The number of thiophene rings is 1. The third kappa shape index (κ3) is 2.97. The Morgan fingerprint density at radius 1 is 1.44 bits per heavy atom. The molecule has 2 heterocycles. The van der Waals surface area contributed by atoms with Gasteiger partial charge < -0.3 is 5.32 Å². The van der Waals surface area contributed by atoms with Gasteiger partial charge in [-0.25, -0.2) is 0 Å². The Hall–Kier alpha value is -1.20. The standard InChI is InChI=1S/C13H13BrN2OS/c1-8-7-11(18-12(8)14)13(17)16-9(2)10-3-5-15-6-4-10/h3-7,9H,1-2H3,(H,16,17). The van der Waals surface area contributed by atoms with Crippen molar-refractivity contribution in [2.75, 3.05) is 0 Å². The minimum Gasteiger partial charge on any atom is -0.345 e. The van der Waals surface area contributed by atoms with Gasteiger partial charge >= 0.3 is 0 Å². The van der Waals surface area contributed by atoms with E-state index in [2.05, 4.69) is 26.2 Å². The van der Waals surface area contributed by atoms with Crippen molar-refractivity contribution in [1.82, 2.24) is 10.3 Å². The van der Waals surface area contributed by atoms with Crippen molar-refractivity contribution in [2.24, 2.45) is 0 Å². The summed E-state index contributed by atoms with van der Waals surface area (Å²) >= 11 is 4.88. The molecule has 3 nitrogen and oxygen atoms in total. The van der Waals surface area contributed by atoms with Crippen molar-refractivity contribution in [1.29, 1.82) is 0 Å². The fourth-order valence-corrected chi connectivity index (χ4v) is 3.01. The maximum Gasteiger partial charge on any atom is 0.261 e. The molecule has 0 aliphatic carbocycles. The third-order valence-electron chi connectivity index (χ3n) is 2.63. The SMILES string of the molecule is Cc1cc(C(=O)NC(C)c2ccncc2)sc1Br. The lowest BCUT2D eigenvalue weighted by atomic mass is 10.1. The van der Waals surface area contributed by atoms with E-state index in [0.717, 1.165) is 19.8 Å². The largest absolute Gasteiger partial charge is 0.345 e. The number of hydrogen-bond donors (Lipinski definition) is 1. The first kappa shape index (κ1) is 13.2. The normalized spacial score (nSPS) is 12.2. The molecule has 94 valence electrons. The lowest BCUT2D eigenvalue weighted by Crippen LogP contribution is -2.25. The number of pyridine rings is 1. The van der Waals surface area contributed by atoms with Crippen LogP contribution in [0.15, 0.2) is 34.4 Å². The number of amides is 1. The molecule has 0 fully saturated rings. The van der Waals surface area contributed by atoms with Crippen LogP contribution in [0, 0.1) is 6.92 Å². The highest BCUT2D eigenvalue weighted by molar-refractivity contribution is 9.11. The molecule has 2 aromatic heterocycles. The number of hydrogen-bond acceptors (Lipinski definition) is 3. The Kier molecular flexibility index (Phi) is 4.14. The Morgan fingerprint density at radius 2 is 2.11 bits per heavy atom. The maximum absolute atomic E-state index is 12.1. The minimum absolute atomic E-state index is 0.0262. The van der Waals surface area contributed by atoms with Gasteiger partial charge in [0, 0.05) is 12.4 Å². The summed E-state index contributed by atoms with van der Waals surface area (Å²) in [6.45, 7) is 3.94. The highest BCUT2D eigenvalue weighted by atomic mass is 79.9. The van der Waals surface area contributed by atoms with E-state index >= 15 is 0 Å². The Morgan fingerprint density at radius 3 is 2.67 bits per heavy atom. The molecule has 2 aromatic rings. The molecule has 1 unspecified atom stereocenters. The van der Waals surface area contributed by atoms with Gasteiger partial charge in [-0.1, -0.05) is 0 Å². The first-order valence-electron chi connectivity index (χ1n) is 5.54. The van der Waals surface area contributed by atoms with Crippen molar-refractivity contribution >= 4 is 33.2 Å². The molecule has 0 bridgehead atoms. The monoisotopic (exact) mass is 324 g/mol. The van der Waals surface area contributed by atoms with Crippen LogP contribution in [0.4, 0.5) is 0 Å². The average molecular weight is 325 g/mol. The quantitative estimate of drug-likeness (QED) is 0.935. The second-order valence-electron chi connectivity index (χ2n) is 4.04. The molecule has 0 radical (unpaired) electrons. The van der Waals surface area contributed by atoms with Crippen LogP contribution in [0.25, 0.3) is 0 Å². The maximum atomic E-state index is 12.1. The molecule has 0 saturated heterocycles. The van der Waals surface area contributed by atoms with Crippen LogP contribution < -0.4 is 5.32 Å². The lowest BCUT2D eigenvalue weighted by molar-refractivity contribution is 0.0944. The van der Waals surface area contributed by atoms with E-state index < -0.39 is 0 Å². The van der Waals surface area contributed by atoms with Crippen LogP contribution in [0.3, 0.4) is 0 Å². The van der Waals surface area contributed by atoms with Crippen LogP contribution in [-0.4, -0.2) is 10.9 Å². The number of carbonyl (C=O) groups excluding carboxylic acids is 1. The summed E-state index contributed by atoms with van der Waals surface area (Å²) in [5, 5.41) is 2.98. The molecule has 1 N–H and O–H groups in total. The second kappa shape index (κ2) is 5.63. The highest BCUT2D eigenvalue weighted by Gasteiger charge is 2.14. The van der Waals surface area contributed by atoms with Crippen LogP contribution in [-0.2, 0) is 0 Å². The molecule has 5 heteroatoms. The molecule has 0 aliphatic rings. The van der Waals surface area contributed by atoms with Crippen LogP contribution in [0.2, 0.25) is 0 Å². The highest BCUT2D eigenvalue weighted by Crippen LogP contribution is 2.27. The van der Waals surface area contributed by atoms with Gasteiger partial charge in [-0.05, 0) is 59.1 Å². The number of rotatable bonds is 3. The Balaban J connectivity index is 2.08. The van der Waals surface area contributed by atoms with Gasteiger partial charge in [0.05, 0.1) is 14.7 Å². The number of nitrogens with zero attached hydrogens (tertiary/aromatic N) is 1. The molecular formula is C13H13BrN2OS. The summed E-state index contributed by atoms with van der Waals surface area (Å²) in [6.07, 6.45) is 3.45. The molecule has 0 aliphatic heterocycles. The van der Waals surface area contributed by atoms with E-state index in [4.69, 9.17) is 0 Å². The minimum atomic E-state index is -0.0434. The summed E-state index contributed by atoms with van der Waals surface area (Å²) in [5.74, 6) is -0.0434. The molecule has 1 atom stereocenters. The summed E-state index contributed by atoms with van der Waals surface area (Å²) < 4.78 is 1.00. The van der Waals surface area contributed by atoms with Gasteiger partial charge in [0.15, 0.2) is 0 Å². The number of carbonyl (C=O) groups is 1. The smallest absolute Gasteiger partial charge is 0.261 e. The molecular weight excluding hydrogens is 312 g/mol. The van der Waals surface area contributed by atoms with Crippen molar-refractivity contribution in [2.45, 2.75) is 19.9 Å². The molecule has 2 rings (SSSR count). The molecule has 18 heavy (non-hydrogen) atoms. The number of aromatic nitrogens is 1. The molecule has 0 spiro atoms. The van der Waals surface area contributed by atoms with E-state index in [1.165, 1.54) is 11.3 Å². The summed E-state index contributed by atoms with van der Waals surface area (Å²) in [7, 11) is 0. The number of nitrogens with one attached hydrogen (secondary N) is 1. The molecule has 0 saturated carbocycles. The van der Waals surface area contributed by atoms with Gasteiger partial charge in [0.2, 0.25) is 0 Å². The lowest BCUT2D eigenvalue weighted by Gasteiger charge is -2.13. The van der Waals surface area contributed by atoms with E-state index in [0.29, 0.717) is 0 Å². The number of aryl methyl sites for hydroxylation is 1. The topological polar surface area (TPSA) is 42.0 Å². The van der Waals surface area contributed by atoms with E-state index in [1.807, 2.05) is 32.0 Å². The van der Waals surface area contributed by atoms with Crippen LogP contribution in [0.1, 0.15) is 33.8 Å². The zero-order valence-electron chi connectivity index (χ0n) is 10.1. The predicted octanol–water partition coefficient (Wildman–Crippen LogP) is 3.71. The first-order chi connectivity index (χ1) is 8.58. The Bertz CT molecular complexity index is 534. The zero-order valence-corrected chi connectivity index (χ0v) is 12.5. The summed E-state index contributed by atoms with van der Waals surface area (Å²) in [6, 6.07) is 5.67. The summed E-state index contributed by atoms with van der Waals surface area (Å²) in [4.78, 5) is 16.7. The van der Waals surface area contributed by atoms with Gasteiger partial charge in [0.1, 0.15) is 0 Å². The van der Waals surface area contributed by atoms with E-state index in [9.17, 15) is 4.79 Å². The third-order valence-corrected chi connectivity index (χ3v) is 4.77.